The molecule has 0 aliphatic heterocycles. The summed E-state index contributed by atoms with van der Waals surface area (Å²) in [5, 5.41) is 3.24. The van der Waals surface area contributed by atoms with Gasteiger partial charge >= 0.3 is 0 Å². The Labute approximate surface area is 122 Å². The summed E-state index contributed by atoms with van der Waals surface area (Å²) in [6, 6.07) is 7.68. The zero-order chi connectivity index (χ0) is 15.2. The van der Waals surface area contributed by atoms with Crippen molar-refractivity contribution in [3.63, 3.8) is 0 Å². The third kappa shape index (κ3) is 5.45. The highest BCUT2D eigenvalue weighted by atomic mass is 32.2. The van der Waals surface area contributed by atoms with Crippen LogP contribution in [0, 0.1) is 0 Å². The van der Waals surface area contributed by atoms with Crippen LogP contribution in [0.5, 0.6) is 0 Å². The van der Waals surface area contributed by atoms with E-state index in [0.29, 0.717) is 6.54 Å². The molecule has 0 heterocycles. The number of likely N-dealkylation sites (N-methyl/N-ethyl adjacent to an activating group) is 1. The van der Waals surface area contributed by atoms with Gasteiger partial charge in [0.05, 0.1) is 5.75 Å². The van der Waals surface area contributed by atoms with Crippen molar-refractivity contribution in [2.75, 3.05) is 20.1 Å². The van der Waals surface area contributed by atoms with Crippen molar-refractivity contribution in [3.05, 3.63) is 47.5 Å². The van der Waals surface area contributed by atoms with Gasteiger partial charge in [-0.15, -0.1) is 0 Å². The van der Waals surface area contributed by atoms with Crippen molar-refractivity contribution in [1.82, 2.24) is 9.62 Å². The van der Waals surface area contributed by atoms with Crippen LogP contribution >= 0.6 is 0 Å². The monoisotopic (exact) mass is 296 g/mol. The van der Waals surface area contributed by atoms with Crippen LogP contribution in [0.25, 0.3) is 0 Å². The number of hydrogen-bond acceptors (Lipinski definition) is 3. The lowest BCUT2D eigenvalue weighted by atomic mass is 10.1. The molecule has 5 heteroatoms. The van der Waals surface area contributed by atoms with Crippen molar-refractivity contribution >= 4 is 10.0 Å². The normalized spacial score (nSPS) is 11.8. The summed E-state index contributed by atoms with van der Waals surface area (Å²) in [7, 11) is -1.69. The lowest BCUT2D eigenvalue weighted by Gasteiger charge is -2.17. The highest BCUT2D eigenvalue weighted by molar-refractivity contribution is 7.88. The molecule has 1 aromatic rings. The Balaban J connectivity index is 2.70. The van der Waals surface area contributed by atoms with Crippen LogP contribution in [0.2, 0.25) is 0 Å². The Morgan fingerprint density at radius 2 is 1.80 bits per heavy atom. The van der Waals surface area contributed by atoms with Gasteiger partial charge in [-0.25, -0.2) is 12.7 Å². The van der Waals surface area contributed by atoms with E-state index >= 15 is 0 Å². The Bertz CT molecular complexity index is 535. The molecule has 0 radical (unpaired) electrons. The number of nitrogens with zero attached hydrogens (tertiary/aromatic N) is 1. The summed E-state index contributed by atoms with van der Waals surface area (Å²) in [5.74, 6) is 0.0261. The average molecular weight is 296 g/mol. The number of sulfonamides is 1. The maximum Gasteiger partial charge on any atom is 0.218 e. The predicted molar refractivity (Wildman–Crippen MR) is 83.9 cm³/mol. The minimum atomic E-state index is -3.28. The third-order valence-electron chi connectivity index (χ3n) is 2.92. The quantitative estimate of drug-likeness (QED) is 0.748. The van der Waals surface area contributed by atoms with Gasteiger partial charge in [0, 0.05) is 20.1 Å². The van der Waals surface area contributed by atoms with Crippen LogP contribution < -0.4 is 5.32 Å². The Hall–Kier alpha value is -1.17. The van der Waals surface area contributed by atoms with Gasteiger partial charge in [0.25, 0.3) is 0 Å². The van der Waals surface area contributed by atoms with Crippen LogP contribution in [0.3, 0.4) is 0 Å². The molecule has 0 aliphatic rings. The van der Waals surface area contributed by atoms with Gasteiger partial charge < -0.3 is 5.32 Å². The average Bonchev–Trinajstić information content (AvgIpc) is 2.36. The molecule has 112 valence electrons. The molecule has 4 nitrogen and oxygen atoms in total. The van der Waals surface area contributed by atoms with E-state index in [2.05, 4.69) is 18.8 Å². The second-order valence-corrected chi connectivity index (χ2v) is 7.14. The second-order valence-electron chi connectivity index (χ2n) is 5.07. The van der Waals surface area contributed by atoms with Gasteiger partial charge in [0.15, 0.2) is 0 Å². The fourth-order valence-corrected chi connectivity index (χ4v) is 3.07. The highest BCUT2D eigenvalue weighted by Gasteiger charge is 2.18. The number of rotatable bonds is 8. The standard InChI is InChI=1S/C15H24N2O2S/c1-5-16-10-14-6-8-15(9-7-14)12-20(18,19)17(4)11-13(2)3/h6-9,16H,2,5,10-12H2,1,3-4H3. The van der Waals surface area contributed by atoms with Crippen molar-refractivity contribution in [2.24, 2.45) is 0 Å². The number of benzene rings is 1. The highest BCUT2D eigenvalue weighted by Crippen LogP contribution is 2.12. The van der Waals surface area contributed by atoms with Crippen LogP contribution in [-0.2, 0) is 22.3 Å². The molecule has 0 amide bonds. The second kappa shape index (κ2) is 7.57. The molecular formula is C15H24N2O2S. The Morgan fingerprint density at radius 1 is 1.25 bits per heavy atom. The van der Waals surface area contributed by atoms with E-state index in [1.807, 2.05) is 31.2 Å². The van der Waals surface area contributed by atoms with Crippen LogP contribution in [0.1, 0.15) is 25.0 Å². The molecule has 0 unspecified atom stereocenters. The summed E-state index contributed by atoms with van der Waals surface area (Å²) < 4.78 is 25.7. The lowest BCUT2D eigenvalue weighted by molar-refractivity contribution is 0.492. The third-order valence-corrected chi connectivity index (χ3v) is 4.70. The van der Waals surface area contributed by atoms with Gasteiger partial charge in [0.1, 0.15) is 0 Å². The molecule has 0 fully saturated rings. The van der Waals surface area contributed by atoms with Crippen molar-refractivity contribution < 1.29 is 8.42 Å². The van der Waals surface area contributed by atoms with Gasteiger partial charge in [-0.05, 0) is 24.6 Å². The van der Waals surface area contributed by atoms with E-state index in [1.165, 1.54) is 4.31 Å². The molecule has 0 bridgehead atoms. The molecular weight excluding hydrogens is 272 g/mol. The first-order valence-corrected chi connectivity index (χ1v) is 8.33. The van der Waals surface area contributed by atoms with Crippen molar-refractivity contribution in [3.8, 4) is 0 Å². The zero-order valence-corrected chi connectivity index (χ0v) is 13.3. The van der Waals surface area contributed by atoms with Crippen LogP contribution in [-0.4, -0.2) is 32.9 Å². The first-order valence-electron chi connectivity index (χ1n) is 6.72. The van der Waals surface area contributed by atoms with E-state index in [-0.39, 0.29) is 5.75 Å². The number of hydrogen-bond donors (Lipinski definition) is 1. The van der Waals surface area contributed by atoms with Crippen molar-refractivity contribution in [2.45, 2.75) is 26.1 Å². The number of nitrogens with one attached hydrogen (secondary N) is 1. The van der Waals surface area contributed by atoms with E-state index in [9.17, 15) is 8.42 Å². The minimum absolute atomic E-state index is 0.0261. The summed E-state index contributed by atoms with van der Waals surface area (Å²) in [5.41, 5.74) is 2.79. The summed E-state index contributed by atoms with van der Waals surface area (Å²) in [6.45, 7) is 9.70. The van der Waals surface area contributed by atoms with E-state index < -0.39 is 10.0 Å². The molecule has 0 saturated carbocycles. The molecule has 0 saturated heterocycles. The topological polar surface area (TPSA) is 49.4 Å². The Kier molecular flexibility index (Phi) is 6.39. The fourth-order valence-electron chi connectivity index (χ4n) is 1.82. The minimum Gasteiger partial charge on any atom is -0.313 e. The summed E-state index contributed by atoms with van der Waals surface area (Å²) >= 11 is 0. The molecule has 0 aliphatic carbocycles. The van der Waals surface area contributed by atoms with Crippen molar-refractivity contribution in [1.29, 1.82) is 0 Å². The Morgan fingerprint density at radius 3 is 2.30 bits per heavy atom. The van der Waals surface area contributed by atoms with E-state index in [0.717, 1.165) is 29.8 Å². The molecule has 0 atom stereocenters. The maximum absolute atomic E-state index is 12.2. The zero-order valence-electron chi connectivity index (χ0n) is 12.5. The molecule has 1 rings (SSSR count). The fraction of sp³-hybridized carbons (Fsp3) is 0.467. The lowest BCUT2D eigenvalue weighted by Crippen LogP contribution is -2.29. The van der Waals surface area contributed by atoms with Crippen LogP contribution in [0.15, 0.2) is 36.4 Å². The first-order chi connectivity index (χ1) is 9.35. The van der Waals surface area contributed by atoms with Gasteiger partial charge in [0.2, 0.25) is 10.0 Å². The summed E-state index contributed by atoms with van der Waals surface area (Å²) in [4.78, 5) is 0. The molecule has 1 N–H and O–H groups in total. The molecule has 1 aromatic carbocycles. The van der Waals surface area contributed by atoms with E-state index in [4.69, 9.17) is 0 Å². The van der Waals surface area contributed by atoms with Gasteiger partial charge in [-0.1, -0.05) is 43.3 Å². The summed E-state index contributed by atoms with van der Waals surface area (Å²) in [6.07, 6.45) is 0. The molecule has 0 spiro atoms. The largest absolute Gasteiger partial charge is 0.313 e. The van der Waals surface area contributed by atoms with Gasteiger partial charge in [-0.3, -0.25) is 0 Å². The molecule has 0 aromatic heterocycles. The first kappa shape index (κ1) is 16.9. The van der Waals surface area contributed by atoms with E-state index in [1.54, 1.807) is 7.05 Å². The SMILES string of the molecule is C=C(C)CN(C)S(=O)(=O)Cc1ccc(CNCC)cc1. The smallest absolute Gasteiger partial charge is 0.218 e. The molecule has 20 heavy (non-hydrogen) atoms. The maximum atomic E-state index is 12.2. The predicted octanol–water partition coefficient (Wildman–Crippen LogP) is 2.13. The van der Waals surface area contributed by atoms with Gasteiger partial charge in [-0.2, -0.15) is 0 Å². The van der Waals surface area contributed by atoms with Crippen LogP contribution in [0.4, 0.5) is 0 Å².